The van der Waals surface area contributed by atoms with Crippen LogP contribution in [-0.4, -0.2) is 41.2 Å². The second kappa shape index (κ2) is 8.65. The average molecular weight is 348 g/mol. The first-order chi connectivity index (χ1) is 11.8. The summed E-state index contributed by atoms with van der Waals surface area (Å²) in [6.07, 6.45) is 6.05. The first kappa shape index (κ1) is 19.7. The summed E-state index contributed by atoms with van der Waals surface area (Å²) in [5.41, 5.74) is 0.728. The van der Waals surface area contributed by atoms with Crippen molar-refractivity contribution in [3.8, 4) is 0 Å². The van der Waals surface area contributed by atoms with E-state index in [4.69, 9.17) is 4.74 Å². The lowest BCUT2D eigenvalue weighted by molar-refractivity contribution is 0.00233. The molecule has 1 unspecified atom stereocenters. The molecule has 1 fully saturated rings. The third-order valence-corrected chi connectivity index (χ3v) is 4.63. The van der Waals surface area contributed by atoms with Gasteiger partial charge in [-0.25, -0.2) is 4.79 Å². The number of pyridine rings is 1. The van der Waals surface area contributed by atoms with E-state index in [2.05, 4.69) is 17.2 Å². The Balaban J connectivity index is 1.96. The van der Waals surface area contributed by atoms with Crippen molar-refractivity contribution >= 4 is 6.09 Å². The van der Waals surface area contributed by atoms with Crippen molar-refractivity contribution in [1.29, 1.82) is 0 Å². The largest absolute Gasteiger partial charge is 0.444 e. The summed E-state index contributed by atoms with van der Waals surface area (Å²) in [6, 6.07) is 5.98. The van der Waals surface area contributed by atoms with Gasteiger partial charge in [-0.05, 0) is 52.2 Å². The summed E-state index contributed by atoms with van der Waals surface area (Å²) >= 11 is 0. The Morgan fingerprint density at radius 2 is 2.20 bits per heavy atom. The molecule has 25 heavy (non-hydrogen) atoms. The summed E-state index contributed by atoms with van der Waals surface area (Å²) in [5.74, 6) is 0. The normalized spacial score (nSPS) is 21.2. The van der Waals surface area contributed by atoms with Crippen LogP contribution in [0.1, 0.15) is 59.1 Å². The van der Waals surface area contributed by atoms with Crippen molar-refractivity contribution < 1.29 is 9.53 Å². The van der Waals surface area contributed by atoms with Crippen LogP contribution < -0.4 is 5.32 Å². The van der Waals surface area contributed by atoms with Gasteiger partial charge in [0.1, 0.15) is 5.60 Å². The molecule has 2 heterocycles. The van der Waals surface area contributed by atoms with Crippen LogP contribution >= 0.6 is 0 Å². The van der Waals surface area contributed by atoms with E-state index >= 15 is 0 Å². The summed E-state index contributed by atoms with van der Waals surface area (Å²) < 4.78 is 5.58. The van der Waals surface area contributed by atoms with Gasteiger partial charge in [0.15, 0.2) is 0 Å². The van der Waals surface area contributed by atoms with E-state index in [0.29, 0.717) is 0 Å². The fraction of sp³-hybridized carbons (Fsp3) is 0.700. The van der Waals surface area contributed by atoms with E-state index in [9.17, 15) is 4.79 Å². The van der Waals surface area contributed by atoms with Gasteiger partial charge in [-0.3, -0.25) is 4.98 Å². The van der Waals surface area contributed by atoms with Crippen LogP contribution in [0.2, 0.25) is 0 Å². The van der Waals surface area contributed by atoms with Gasteiger partial charge in [0.2, 0.25) is 0 Å². The third-order valence-electron chi connectivity index (χ3n) is 4.63. The van der Waals surface area contributed by atoms with Crippen molar-refractivity contribution in [2.24, 2.45) is 5.41 Å². The Hall–Kier alpha value is -1.62. The SMILES string of the molecule is CCCC1(CNCc2ccccn2)CCCN(C(=O)OC(C)(C)C)C1. The van der Waals surface area contributed by atoms with Crippen LogP contribution in [0.4, 0.5) is 4.79 Å². The van der Waals surface area contributed by atoms with Crippen molar-refractivity contribution in [1.82, 2.24) is 15.2 Å². The van der Waals surface area contributed by atoms with Crippen LogP contribution in [0.3, 0.4) is 0 Å². The lowest BCUT2D eigenvalue weighted by atomic mass is 9.76. The number of piperidine rings is 1. The van der Waals surface area contributed by atoms with Gasteiger partial charge in [0.25, 0.3) is 0 Å². The second-order valence-electron chi connectivity index (χ2n) is 8.18. The Morgan fingerprint density at radius 3 is 2.84 bits per heavy atom. The van der Waals surface area contributed by atoms with E-state index < -0.39 is 5.60 Å². The predicted octanol–water partition coefficient (Wildman–Crippen LogP) is 3.99. The van der Waals surface area contributed by atoms with Gasteiger partial charge >= 0.3 is 6.09 Å². The molecular weight excluding hydrogens is 314 g/mol. The Bertz CT molecular complexity index is 538. The predicted molar refractivity (Wildman–Crippen MR) is 100 cm³/mol. The molecular formula is C20H33N3O2. The zero-order chi connectivity index (χ0) is 18.3. The molecule has 5 nitrogen and oxygen atoms in total. The molecule has 0 saturated carbocycles. The number of ether oxygens (including phenoxy) is 1. The number of aromatic nitrogens is 1. The first-order valence-electron chi connectivity index (χ1n) is 9.42. The highest BCUT2D eigenvalue weighted by atomic mass is 16.6. The summed E-state index contributed by atoms with van der Waals surface area (Å²) in [6.45, 7) is 11.2. The number of nitrogens with one attached hydrogen (secondary N) is 1. The topological polar surface area (TPSA) is 54.5 Å². The molecule has 1 saturated heterocycles. The van der Waals surface area contributed by atoms with Crippen LogP contribution in [0.25, 0.3) is 0 Å². The zero-order valence-corrected chi connectivity index (χ0v) is 16.2. The van der Waals surface area contributed by atoms with Crippen LogP contribution in [0.5, 0.6) is 0 Å². The van der Waals surface area contributed by atoms with Crippen molar-refractivity contribution in [3.63, 3.8) is 0 Å². The van der Waals surface area contributed by atoms with Gasteiger partial charge in [-0.2, -0.15) is 0 Å². The van der Waals surface area contributed by atoms with E-state index in [1.54, 1.807) is 0 Å². The number of hydrogen-bond acceptors (Lipinski definition) is 4. The van der Waals surface area contributed by atoms with E-state index in [1.807, 2.05) is 50.1 Å². The molecule has 5 heteroatoms. The number of rotatable bonds is 6. The monoisotopic (exact) mass is 347 g/mol. The number of carbonyl (C=O) groups is 1. The molecule has 1 aromatic heterocycles. The zero-order valence-electron chi connectivity index (χ0n) is 16.2. The molecule has 0 aromatic carbocycles. The van der Waals surface area contributed by atoms with Gasteiger partial charge in [0.05, 0.1) is 5.69 Å². The van der Waals surface area contributed by atoms with Crippen LogP contribution in [-0.2, 0) is 11.3 Å². The number of amides is 1. The molecule has 1 atom stereocenters. The fourth-order valence-electron chi connectivity index (χ4n) is 3.62. The smallest absolute Gasteiger partial charge is 0.410 e. The molecule has 1 N–H and O–H groups in total. The minimum atomic E-state index is -0.445. The van der Waals surface area contributed by atoms with E-state index in [-0.39, 0.29) is 11.5 Å². The van der Waals surface area contributed by atoms with Gasteiger partial charge in [0, 0.05) is 37.8 Å². The molecule has 140 valence electrons. The molecule has 0 aliphatic carbocycles. The Morgan fingerprint density at radius 1 is 1.40 bits per heavy atom. The molecule has 1 amide bonds. The maximum absolute atomic E-state index is 12.5. The molecule has 0 radical (unpaired) electrons. The van der Waals surface area contributed by atoms with E-state index in [1.165, 1.54) is 0 Å². The number of nitrogens with zero attached hydrogens (tertiary/aromatic N) is 2. The standard InChI is InChI=1S/C20H33N3O2/c1-5-10-20(15-21-14-17-9-6-7-12-22-17)11-8-13-23(16-20)18(24)25-19(2,3)4/h6-7,9,12,21H,5,8,10-11,13-16H2,1-4H3. The number of hydrogen-bond donors (Lipinski definition) is 1. The van der Waals surface area contributed by atoms with Gasteiger partial charge < -0.3 is 15.0 Å². The van der Waals surface area contributed by atoms with E-state index in [0.717, 1.165) is 57.6 Å². The summed E-state index contributed by atoms with van der Waals surface area (Å²) in [4.78, 5) is 18.7. The minimum Gasteiger partial charge on any atom is -0.444 e. The van der Waals surface area contributed by atoms with Gasteiger partial charge in [-0.15, -0.1) is 0 Å². The molecule has 2 rings (SSSR count). The molecule has 1 aromatic rings. The molecule has 1 aliphatic heterocycles. The van der Waals surface area contributed by atoms with Crippen LogP contribution in [0, 0.1) is 5.41 Å². The quantitative estimate of drug-likeness (QED) is 0.845. The summed E-state index contributed by atoms with van der Waals surface area (Å²) in [5, 5.41) is 3.56. The first-order valence-corrected chi connectivity index (χ1v) is 9.42. The molecule has 0 bridgehead atoms. The Kier molecular flexibility index (Phi) is 6.82. The summed E-state index contributed by atoms with van der Waals surface area (Å²) in [7, 11) is 0. The van der Waals surface area contributed by atoms with Crippen molar-refractivity contribution in [3.05, 3.63) is 30.1 Å². The highest BCUT2D eigenvalue weighted by Gasteiger charge is 2.37. The average Bonchev–Trinajstić information content (AvgIpc) is 2.55. The number of carbonyl (C=O) groups excluding carboxylic acids is 1. The maximum atomic E-state index is 12.5. The molecule has 1 aliphatic rings. The third kappa shape index (κ3) is 6.31. The van der Waals surface area contributed by atoms with Crippen molar-refractivity contribution in [2.45, 2.75) is 65.5 Å². The molecule has 0 spiro atoms. The lowest BCUT2D eigenvalue weighted by Gasteiger charge is -2.43. The maximum Gasteiger partial charge on any atom is 0.410 e. The lowest BCUT2D eigenvalue weighted by Crippen LogP contribution is -2.51. The highest BCUT2D eigenvalue weighted by Crippen LogP contribution is 2.34. The van der Waals surface area contributed by atoms with Crippen LogP contribution in [0.15, 0.2) is 24.4 Å². The fourth-order valence-corrected chi connectivity index (χ4v) is 3.62. The van der Waals surface area contributed by atoms with Crippen molar-refractivity contribution in [2.75, 3.05) is 19.6 Å². The highest BCUT2D eigenvalue weighted by molar-refractivity contribution is 5.68. The number of likely N-dealkylation sites (tertiary alicyclic amines) is 1. The second-order valence-corrected chi connectivity index (χ2v) is 8.18. The van der Waals surface area contributed by atoms with Gasteiger partial charge in [-0.1, -0.05) is 19.4 Å². The Labute approximate surface area is 152 Å². The minimum absolute atomic E-state index is 0.124.